The van der Waals surface area contributed by atoms with Crippen molar-refractivity contribution in [2.45, 2.75) is 32.2 Å². The van der Waals surface area contributed by atoms with Crippen LogP contribution >= 0.6 is 0 Å². The normalized spacial score (nSPS) is 17.2. The first-order valence-corrected chi connectivity index (χ1v) is 8.78. The van der Waals surface area contributed by atoms with Gasteiger partial charge < -0.3 is 4.55 Å². The Bertz CT molecular complexity index is 384. The number of ketones is 1. The number of carbonyl (C=O) groups is 1. The van der Waals surface area contributed by atoms with E-state index in [1.54, 1.807) is 0 Å². The van der Waals surface area contributed by atoms with Gasteiger partial charge in [-0.1, -0.05) is 13.8 Å². The maximum absolute atomic E-state index is 11.3. The molecule has 0 unspecified atom stereocenters. The molecule has 1 rings (SSSR count). The van der Waals surface area contributed by atoms with Crippen LogP contribution in [-0.4, -0.2) is 41.5 Å². The van der Waals surface area contributed by atoms with Crippen molar-refractivity contribution in [3.8, 4) is 0 Å². The van der Waals surface area contributed by atoms with E-state index in [1.807, 2.05) is 13.8 Å². The second-order valence-corrected chi connectivity index (χ2v) is 8.09. The number of Topliss-reactive ketones (excluding diaryl/α,β-unsaturated/α-hetero) is 1. The first-order valence-electron chi connectivity index (χ1n) is 5.64. The minimum Gasteiger partial charge on any atom is -0.741 e. The summed E-state index contributed by atoms with van der Waals surface area (Å²) in [5, 5.41) is 0. The van der Waals surface area contributed by atoms with Gasteiger partial charge in [0.05, 0.1) is 0 Å². The lowest BCUT2D eigenvalue weighted by molar-refractivity contribution is -0.119. The van der Waals surface area contributed by atoms with E-state index in [2.05, 4.69) is 0 Å². The van der Waals surface area contributed by atoms with E-state index in [-0.39, 0.29) is 5.92 Å². The first kappa shape index (κ1) is 18.7. The number of carbonyl (C=O) groups excluding carboxylic acids is 1. The van der Waals surface area contributed by atoms with E-state index in [1.165, 1.54) is 24.3 Å². The quantitative estimate of drug-likeness (QED) is 0.450. The molecular formula is C10H17F3O4S2. The smallest absolute Gasteiger partial charge is 0.485 e. The molecule has 0 atom stereocenters. The van der Waals surface area contributed by atoms with Crippen molar-refractivity contribution in [3.05, 3.63) is 0 Å². The lowest BCUT2D eigenvalue weighted by Gasteiger charge is -2.08. The van der Waals surface area contributed by atoms with Crippen LogP contribution in [0.2, 0.25) is 0 Å². The largest absolute Gasteiger partial charge is 0.741 e. The molecule has 1 saturated heterocycles. The number of halogens is 3. The van der Waals surface area contributed by atoms with Gasteiger partial charge in [0, 0.05) is 5.92 Å². The van der Waals surface area contributed by atoms with Crippen LogP contribution < -0.4 is 0 Å². The number of hydrogen-bond donors (Lipinski definition) is 0. The van der Waals surface area contributed by atoms with Gasteiger partial charge in [-0.15, -0.1) is 0 Å². The molecule has 4 nitrogen and oxygen atoms in total. The summed E-state index contributed by atoms with van der Waals surface area (Å²) in [6.07, 6.45) is 2.71. The Hall–Kier alpha value is -0.280. The van der Waals surface area contributed by atoms with Gasteiger partial charge in [-0.05, 0) is 23.7 Å². The fraction of sp³-hybridized carbons (Fsp3) is 0.900. The van der Waals surface area contributed by atoms with E-state index in [0.717, 1.165) is 5.75 Å². The Balaban J connectivity index is 0.000000362. The Kier molecular flexibility index (Phi) is 7.38. The lowest BCUT2D eigenvalue weighted by Crippen LogP contribution is -2.21. The Morgan fingerprint density at radius 3 is 1.89 bits per heavy atom. The highest BCUT2D eigenvalue weighted by atomic mass is 32.2. The van der Waals surface area contributed by atoms with Gasteiger partial charge in [-0.25, -0.2) is 8.42 Å². The predicted octanol–water partition coefficient (Wildman–Crippen LogP) is 1.68. The van der Waals surface area contributed by atoms with Crippen molar-refractivity contribution in [1.29, 1.82) is 0 Å². The molecule has 0 spiro atoms. The molecule has 1 aliphatic rings. The highest BCUT2D eigenvalue weighted by Gasteiger charge is 2.36. The summed E-state index contributed by atoms with van der Waals surface area (Å²) in [7, 11) is -5.62. The average Bonchev–Trinajstić information content (AvgIpc) is 2.67. The fourth-order valence-electron chi connectivity index (χ4n) is 1.23. The van der Waals surface area contributed by atoms with E-state index in [9.17, 15) is 18.0 Å². The third-order valence-corrected chi connectivity index (χ3v) is 5.38. The van der Waals surface area contributed by atoms with Gasteiger partial charge in [-0.2, -0.15) is 13.2 Å². The number of rotatable bonds is 3. The summed E-state index contributed by atoms with van der Waals surface area (Å²) in [4.78, 5) is 11.3. The van der Waals surface area contributed by atoms with Crippen molar-refractivity contribution in [2.24, 2.45) is 5.92 Å². The molecule has 0 amide bonds. The molecule has 114 valence electrons. The molecule has 0 aromatic carbocycles. The Labute approximate surface area is 113 Å². The molecule has 1 heterocycles. The molecule has 0 aromatic heterocycles. The maximum Gasteiger partial charge on any atom is 0.485 e. The maximum atomic E-state index is 11.3. The van der Waals surface area contributed by atoms with Gasteiger partial charge >= 0.3 is 5.51 Å². The van der Waals surface area contributed by atoms with Crippen LogP contribution in [0.5, 0.6) is 0 Å². The zero-order valence-corrected chi connectivity index (χ0v) is 12.3. The minimum atomic E-state index is -6.09. The highest BCUT2D eigenvalue weighted by Crippen LogP contribution is 2.20. The van der Waals surface area contributed by atoms with Crippen molar-refractivity contribution < 1.29 is 30.9 Å². The zero-order valence-electron chi connectivity index (χ0n) is 10.7. The summed E-state index contributed by atoms with van der Waals surface area (Å²) < 4.78 is 58.9. The van der Waals surface area contributed by atoms with Crippen LogP contribution in [0, 0.1) is 5.92 Å². The molecule has 9 heteroatoms. The van der Waals surface area contributed by atoms with Crippen LogP contribution in [0.4, 0.5) is 13.2 Å². The van der Waals surface area contributed by atoms with Crippen LogP contribution in [0.1, 0.15) is 26.7 Å². The Morgan fingerprint density at radius 2 is 1.63 bits per heavy atom. The summed E-state index contributed by atoms with van der Waals surface area (Å²) in [5.41, 5.74) is -5.65. The molecule has 0 aromatic rings. The number of hydrogen-bond acceptors (Lipinski definition) is 4. The van der Waals surface area contributed by atoms with Gasteiger partial charge in [-0.3, -0.25) is 4.79 Å². The molecule has 0 aliphatic carbocycles. The van der Waals surface area contributed by atoms with Crippen LogP contribution in [0.15, 0.2) is 0 Å². The fourth-order valence-corrected chi connectivity index (χ4v) is 3.68. The average molecular weight is 322 g/mol. The standard InChI is InChI=1S/C9H17OS.CHF3O3S/c1-8(2)9(10)7-11-5-3-4-6-11;2-1(3,4)8(5,6)7/h8H,3-7H2,1-2H3;(H,5,6,7)/q+1;/p-1. The zero-order chi connectivity index (χ0) is 15.3. The van der Waals surface area contributed by atoms with Crippen LogP contribution in [0.3, 0.4) is 0 Å². The minimum absolute atomic E-state index is 0.253. The Morgan fingerprint density at radius 1 is 1.26 bits per heavy atom. The van der Waals surface area contributed by atoms with Gasteiger partial charge in [0.1, 0.15) is 11.5 Å². The topological polar surface area (TPSA) is 74.3 Å². The predicted molar refractivity (Wildman–Crippen MR) is 66.8 cm³/mol. The second kappa shape index (κ2) is 7.49. The molecule has 0 N–H and O–H groups in total. The molecule has 0 radical (unpaired) electrons. The van der Waals surface area contributed by atoms with E-state index in [0.29, 0.717) is 16.7 Å². The lowest BCUT2D eigenvalue weighted by atomic mass is 10.1. The third-order valence-electron chi connectivity index (χ3n) is 2.39. The molecule has 0 bridgehead atoms. The van der Waals surface area contributed by atoms with E-state index >= 15 is 0 Å². The summed E-state index contributed by atoms with van der Waals surface area (Å²) in [6.45, 7) is 4.00. The summed E-state index contributed by atoms with van der Waals surface area (Å²) >= 11 is 0. The molecule has 1 aliphatic heterocycles. The molecular weight excluding hydrogens is 305 g/mol. The molecule has 19 heavy (non-hydrogen) atoms. The second-order valence-electron chi connectivity index (χ2n) is 4.39. The molecule has 1 fully saturated rings. The summed E-state index contributed by atoms with van der Waals surface area (Å²) in [6, 6.07) is 0. The van der Waals surface area contributed by atoms with E-state index < -0.39 is 15.6 Å². The summed E-state index contributed by atoms with van der Waals surface area (Å²) in [5.74, 6) is 4.23. The highest BCUT2D eigenvalue weighted by molar-refractivity contribution is 7.97. The molecule has 0 saturated carbocycles. The van der Waals surface area contributed by atoms with Crippen LogP contribution in [-0.2, 0) is 25.8 Å². The van der Waals surface area contributed by atoms with Gasteiger partial charge in [0.25, 0.3) is 0 Å². The monoisotopic (exact) mass is 322 g/mol. The third kappa shape index (κ3) is 7.78. The van der Waals surface area contributed by atoms with Gasteiger partial charge in [0.2, 0.25) is 0 Å². The van der Waals surface area contributed by atoms with E-state index in [4.69, 9.17) is 13.0 Å². The van der Waals surface area contributed by atoms with Crippen molar-refractivity contribution >= 4 is 26.8 Å². The van der Waals surface area contributed by atoms with Crippen LogP contribution in [0.25, 0.3) is 0 Å². The van der Waals surface area contributed by atoms with Crippen molar-refractivity contribution in [1.82, 2.24) is 0 Å². The SMILES string of the molecule is CC(C)C(=O)C[S+]1CCCC1.O=S(=O)([O-])C(F)(F)F. The first-order chi connectivity index (χ1) is 8.45. The van der Waals surface area contributed by atoms with Crippen molar-refractivity contribution in [3.63, 3.8) is 0 Å². The van der Waals surface area contributed by atoms with Crippen molar-refractivity contribution in [2.75, 3.05) is 17.3 Å². The van der Waals surface area contributed by atoms with Gasteiger partial charge in [0.15, 0.2) is 21.7 Å². The number of alkyl halides is 3.